The molecule has 0 spiro atoms. The predicted octanol–water partition coefficient (Wildman–Crippen LogP) is 19.8. The van der Waals surface area contributed by atoms with E-state index in [1.165, 1.54) is 35.6 Å². The van der Waals surface area contributed by atoms with Crippen LogP contribution in [0, 0.1) is 59.2 Å². The van der Waals surface area contributed by atoms with Crippen LogP contribution in [0.25, 0.3) is 12.2 Å². The van der Waals surface area contributed by atoms with E-state index in [9.17, 15) is 38.4 Å². The number of nitrogens with one attached hydrogen (secondary N) is 2. The van der Waals surface area contributed by atoms with Gasteiger partial charge in [0.15, 0.2) is 0 Å². The molecule has 2 N–H and O–H groups in total. The molecule has 0 radical (unpaired) electrons. The summed E-state index contributed by atoms with van der Waals surface area (Å²) in [6.07, 6.45) is 16.4. The molecule has 3 saturated heterocycles. The summed E-state index contributed by atoms with van der Waals surface area (Å²) in [6, 6.07) is 53.7. The minimum absolute atomic E-state index is 0.0197. The van der Waals surface area contributed by atoms with Crippen LogP contribution in [0.15, 0.2) is 176 Å². The molecule has 3 heterocycles. The van der Waals surface area contributed by atoms with Crippen molar-refractivity contribution in [3.8, 4) is 0 Å². The first-order valence-electron chi connectivity index (χ1n) is 43.5. The van der Waals surface area contributed by atoms with E-state index in [1.54, 1.807) is 19.1 Å². The number of amides is 5. The van der Waals surface area contributed by atoms with Crippen LogP contribution in [0.1, 0.15) is 230 Å². The Kier molecular flexibility index (Phi) is 47.6. The average molecular weight is 1600 g/mol. The van der Waals surface area contributed by atoms with Gasteiger partial charge in [0, 0.05) is 147 Å². The Morgan fingerprint density at radius 1 is 0.487 bits per heavy atom. The van der Waals surface area contributed by atoms with Gasteiger partial charge in [0.1, 0.15) is 11.6 Å². The monoisotopic (exact) mass is 1600 g/mol. The molecule has 3 unspecified atom stereocenters. The van der Waals surface area contributed by atoms with Gasteiger partial charge in [-0.15, -0.1) is 0 Å². The van der Waals surface area contributed by atoms with E-state index >= 15 is 0 Å². The third kappa shape index (κ3) is 41.7. The van der Waals surface area contributed by atoms with E-state index in [-0.39, 0.29) is 53.0 Å². The maximum absolute atomic E-state index is 12.6. The summed E-state index contributed by atoms with van der Waals surface area (Å²) in [5.74, 6) is 5.27. The van der Waals surface area contributed by atoms with Gasteiger partial charge in [0.25, 0.3) is 5.91 Å². The lowest BCUT2D eigenvalue weighted by molar-refractivity contribution is -0.136. The standard InChI is InChI=1S/C20H31NO.C19H28O3.C18H26N2O.C17H24N2O.C15H21NO2.C12H17NO/c1-15(2)12-20(22)21-11-5-6-18(14-21)13-17-7-9-19(10-8-17)16(3)4;1-6-22-19(21)16-9-7-8-15(11-16)12-18(20)17(14(4)5)10-13(2)3;1-16(2)15-18(21)20-13-11-19(12-14-20)10-6-9-17-7-4-3-5-8-17;1-15(2)17(20)19-13-11-18(12-14-19)10-6-9-16-7-4-3-5-8-16;1-10(2)11(3)15(18)9-13-5-7-14(8-6-13)16-12(4)17;1-10(2)8-9-13-12(14)11-6-4-3-5-7-11/h7-10,15-16,18H,5-6,11-14H2,1-4H3;7-9,11,13-14,17H,6,10,12H2,1-5H3;3-9,16H,10-15H2,1-2H3;3-9,15H,10-14H2,1-2H3;5-8,10-11H,9H2,1-4H3,(H,16,17);3-7,10H,8-9H2,1-2H3,(H,13,14)/b;;2*9-6+;;. The molecule has 9 rings (SSSR count). The molecule has 0 aliphatic carbocycles. The number of Topliss-reactive ketones (excluding diaryl/α,β-unsaturated/α-hetero) is 2. The zero-order valence-corrected chi connectivity index (χ0v) is 74.9. The van der Waals surface area contributed by atoms with Gasteiger partial charge in [-0.1, -0.05) is 269 Å². The highest BCUT2D eigenvalue weighted by atomic mass is 16.5. The van der Waals surface area contributed by atoms with Crippen LogP contribution in [0.2, 0.25) is 0 Å². The molecule has 3 aliphatic heterocycles. The van der Waals surface area contributed by atoms with Gasteiger partial charge in [0.05, 0.1) is 12.2 Å². The molecule has 0 aromatic heterocycles. The third-order valence-corrected chi connectivity index (χ3v) is 21.0. The summed E-state index contributed by atoms with van der Waals surface area (Å²) in [5.41, 5.74) is 9.16. The number of esters is 1. The topological polar surface area (TPSA) is 186 Å². The highest BCUT2D eigenvalue weighted by Crippen LogP contribution is 2.26. The molecule has 16 nitrogen and oxygen atoms in total. The number of piperidine rings is 1. The number of ketones is 2. The lowest BCUT2D eigenvalue weighted by atomic mass is 9.82. The van der Waals surface area contributed by atoms with Gasteiger partial charge < -0.3 is 30.1 Å². The number of nitrogens with zero attached hydrogens (tertiary/aromatic N) is 5. The third-order valence-electron chi connectivity index (χ3n) is 21.0. The Morgan fingerprint density at radius 2 is 0.983 bits per heavy atom. The second-order valence-corrected chi connectivity index (χ2v) is 34.6. The number of likely N-dealkylation sites (tertiary alicyclic amines) is 1. The first-order valence-corrected chi connectivity index (χ1v) is 43.5. The van der Waals surface area contributed by atoms with E-state index in [4.69, 9.17) is 4.74 Å². The Bertz CT molecular complexity index is 3890. The van der Waals surface area contributed by atoms with Crippen molar-refractivity contribution in [3.63, 3.8) is 0 Å². The fraction of sp³-hybridized carbons (Fsp3) is 0.525. The van der Waals surface area contributed by atoms with Crippen molar-refractivity contribution in [2.45, 2.75) is 195 Å². The number of ether oxygens (including phenoxy) is 1. The van der Waals surface area contributed by atoms with E-state index in [0.717, 1.165) is 133 Å². The van der Waals surface area contributed by atoms with Gasteiger partial charge in [-0.2, -0.15) is 0 Å². The molecule has 0 saturated carbocycles. The molecular formula is C101H147N7O9. The van der Waals surface area contributed by atoms with Crippen molar-refractivity contribution in [1.29, 1.82) is 0 Å². The van der Waals surface area contributed by atoms with Crippen molar-refractivity contribution < 1.29 is 43.1 Å². The Labute approximate surface area is 705 Å². The Balaban J connectivity index is 0.000000297. The number of benzene rings is 6. The maximum atomic E-state index is 12.6. The normalized spacial score (nSPS) is 15.0. The smallest absolute Gasteiger partial charge is 0.338 e. The molecule has 117 heavy (non-hydrogen) atoms. The zero-order valence-electron chi connectivity index (χ0n) is 74.9. The molecule has 640 valence electrons. The van der Waals surface area contributed by atoms with Crippen molar-refractivity contribution in [2.24, 2.45) is 59.2 Å². The molecule has 5 amide bonds. The van der Waals surface area contributed by atoms with Gasteiger partial charge in [-0.25, -0.2) is 4.79 Å². The fourth-order valence-corrected chi connectivity index (χ4v) is 13.7. The predicted molar refractivity (Wildman–Crippen MR) is 485 cm³/mol. The number of carbonyl (C=O) groups excluding carboxylic acids is 8. The van der Waals surface area contributed by atoms with Crippen LogP contribution >= 0.6 is 0 Å². The lowest BCUT2D eigenvalue weighted by Crippen LogP contribution is -2.49. The first kappa shape index (κ1) is 100. The van der Waals surface area contributed by atoms with Crippen LogP contribution in [-0.4, -0.2) is 163 Å². The molecule has 3 aliphatic rings. The molecule has 16 heteroatoms. The van der Waals surface area contributed by atoms with Crippen molar-refractivity contribution in [1.82, 2.24) is 29.8 Å². The fourth-order valence-electron chi connectivity index (χ4n) is 13.7. The van der Waals surface area contributed by atoms with E-state index in [2.05, 4.69) is 219 Å². The minimum atomic E-state index is -0.334. The molecule has 0 bridgehead atoms. The number of carbonyl (C=O) groups is 8. The molecule has 3 atom stereocenters. The van der Waals surface area contributed by atoms with Crippen LogP contribution in [-0.2, 0) is 52.8 Å². The molecule has 3 fully saturated rings. The summed E-state index contributed by atoms with van der Waals surface area (Å²) in [5, 5.41) is 5.59. The quantitative estimate of drug-likeness (QED) is 0.0395. The van der Waals surface area contributed by atoms with Crippen LogP contribution < -0.4 is 10.6 Å². The van der Waals surface area contributed by atoms with Crippen LogP contribution in [0.3, 0.4) is 0 Å². The van der Waals surface area contributed by atoms with Crippen molar-refractivity contribution >= 4 is 64.9 Å². The van der Waals surface area contributed by atoms with E-state index < -0.39 is 0 Å². The van der Waals surface area contributed by atoms with Crippen LogP contribution in [0.5, 0.6) is 0 Å². The summed E-state index contributed by atoms with van der Waals surface area (Å²) in [7, 11) is 0. The molecule has 6 aromatic carbocycles. The minimum Gasteiger partial charge on any atom is -0.462 e. The largest absolute Gasteiger partial charge is 0.462 e. The second kappa shape index (κ2) is 55.5. The number of hydrogen-bond acceptors (Lipinski definition) is 11. The first-order chi connectivity index (χ1) is 55.7. The maximum Gasteiger partial charge on any atom is 0.338 e. The Hall–Kier alpha value is -9.12. The van der Waals surface area contributed by atoms with Gasteiger partial charge in [0.2, 0.25) is 23.6 Å². The van der Waals surface area contributed by atoms with Crippen molar-refractivity contribution in [2.75, 3.05) is 97.0 Å². The SMILES string of the molecule is CC(=O)Nc1ccc(CC(=O)C(C)C(C)C)cc1.CC(C)C(=O)N1CCN(C/C=C/c2ccccc2)CC1.CC(C)CC(=O)N1CCCC(Cc2ccc(C(C)C)cc2)C1.CC(C)CC(=O)N1CCN(C/C=C/c2ccccc2)CC1.CC(C)CCNC(=O)c1ccccc1.CCOC(=O)c1cccc(CC(=O)C(CC(C)C)C(C)C)c1. The number of anilines is 1. The average Bonchev–Trinajstić information content (AvgIpc) is 0.854. The second-order valence-electron chi connectivity index (χ2n) is 34.6. The van der Waals surface area contributed by atoms with E-state index in [0.29, 0.717) is 97.0 Å². The number of piperazine rings is 2. The Morgan fingerprint density at radius 3 is 1.45 bits per heavy atom. The van der Waals surface area contributed by atoms with E-state index in [1.807, 2.05) is 109 Å². The van der Waals surface area contributed by atoms with Gasteiger partial charge >= 0.3 is 5.97 Å². The summed E-state index contributed by atoms with van der Waals surface area (Å²) in [4.78, 5) is 106. The lowest BCUT2D eigenvalue weighted by Gasteiger charge is -2.35. The molecule has 6 aromatic rings. The van der Waals surface area contributed by atoms with Crippen molar-refractivity contribution in [3.05, 3.63) is 220 Å². The number of hydrogen-bond donors (Lipinski definition) is 2. The van der Waals surface area contributed by atoms with Crippen LogP contribution in [0.4, 0.5) is 5.69 Å². The highest BCUT2D eigenvalue weighted by molar-refractivity contribution is 5.94. The molecular weight excluding hydrogens is 1460 g/mol. The zero-order chi connectivity index (χ0) is 86.4. The van der Waals surface area contributed by atoms with Gasteiger partial charge in [-0.05, 0) is 156 Å². The number of rotatable bonds is 31. The summed E-state index contributed by atoms with van der Waals surface area (Å²) in [6.45, 7) is 51.2. The van der Waals surface area contributed by atoms with Gasteiger partial charge in [-0.3, -0.25) is 43.4 Å². The summed E-state index contributed by atoms with van der Waals surface area (Å²) < 4.78 is 5.00. The highest BCUT2D eigenvalue weighted by Gasteiger charge is 2.27. The summed E-state index contributed by atoms with van der Waals surface area (Å²) >= 11 is 0.